The van der Waals surface area contributed by atoms with Gasteiger partial charge in [0.05, 0.1) is 17.0 Å². The van der Waals surface area contributed by atoms with E-state index in [-0.39, 0.29) is 18.1 Å². The van der Waals surface area contributed by atoms with Crippen molar-refractivity contribution >= 4 is 9.84 Å². The second kappa shape index (κ2) is 3.28. The van der Waals surface area contributed by atoms with Gasteiger partial charge in [0.1, 0.15) is 12.9 Å². The van der Waals surface area contributed by atoms with Crippen molar-refractivity contribution in [3.05, 3.63) is 12.2 Å². The van der Waals surface area contributed by atoms with Crippen LogP contribution in [0.2, 0.25) is 0 Å². The fraction of sp³-hybridized carbons (Fsp3) is 0.750. The summed E-state index contributed by atoms with van der Waals surface area (Å²) >= 11 is 0. The summed E-state index contributed by atoms with van der Waals surface area (Å²) in [6, 6.07) is 0. The lowest BCUT2D eigenvalue weighted by atomic mass is 10.0. The molecular formula is C8H13N3O3S. The highest BCUT2D eigenvalue weighted by Gasteiger charge is 2.40. The predicted octanol–water partition coefficient (Wildman–Crippen LogP) is -0.696. The second-order valence-corrected chi connectivity index (χ2v) is 6.30. The molecule has 15 heavy (non-hydrogen) atoms. The van der Waals surface area contributed by atoms with Crippen LogP contribution in [0.25, 0.3) is 0 Å². The van der Waals surface area contributed by atoms with Crippen LogP contribution >= 0.6 is 0 Å². The predicted molar refractivity (Wildman–Crippen MR) is 52.9 cm³/mol. The molecule has 7 heteroatoms. The van der Waals surface area contributed by atoms with Gasteiger partial charge in [0.2, 0.25) is 0 Å². The molecule has 0 bridgehead atoms. The highest BCUT2D eigenvalue weighted by Crippen LogP contribution is 2.31. The molecule has 6 nitrogen and oxygen atoms in total. The summed E-state index contributed by atoms with van der Waals surface area (Å²) in [4.78, 5) is 0. The molecule has 1 aliphatic rings. The van der Waals surface area contributed by atoms with Gasteiger partial charge in [0.25, 0.3) is 0 Å². The summed E-state index contributed by atoms with van der Waals surface area (Å²) in [5.74, 6) is 0.687. The second-order valence-electron chi connectivity index (χ2n) is 4.11. The zero-order chi connectivity index (χ0) is 11.1. The summed E-state index contributed by atoms with van der Waals surface area (Å²) in [5, 5.41) is 16.5. The number of rotatable bonds is 2. The van der Waals surface area contributed by atoms with Crippen molar-refractivity contribution in [3.63, 3.8) is 0 Å². The maximum atomic E-state index is 11.4. The van der Waals surface area contributed by atoms with E-state index in [0.717, 1.165) is 0 Å². The van der Waals surface area contributed by atoms with E-state index in [0.29, 0.717) is 12.2 Å². The molecule has 0 aliphatic carbocycles. The molecule has 84 valence electrons. The standard InChI is InChI=1S/C8H13N3O3S/c1-8(2-3-15(13,14)5-8)11-6-9-10-7(11)4-12/h6,12H,2-5H2,1H3. The van der Waals surface area contributed by atoms with E-state index in [1.807, 2.05) is 6.92 Å². The molecule has 1 atom stereocenters. The van der Waals surface area contributed by atoms with E-state index < -0.39 is 15.4 Å². The molecule has 0 spiro atoms. The Hall–Kier alpha value is -0.950. The number of nitrogens with zero attached hydrogens (tertiary/aromatic N) is 3. The van der Waals surface area contributed by atoms with Crippen LogP contribution < -0.4 is 0 Å². The topological polar surface area (TPSA) is 85.1 Å². The van der Waals surface area contributed by atoms with E-state index in [9.17, 15) is 8.42 Å². The minimum Gasteiger partial charge on any atom is -0.388 e. The number of hydrogen-bond donors (Lipinski definition) is 1. The van der Waals surface area contributed by atoms with Gasteiger partial charge in [-0.1, -0.05) is 0 Å². The van der Waals surface area contributed by atoms with Crippen molar-refractivity contribution in [3.8, 4) is 0 Å². The monoisotopic (exact) mass is 231 g/mol. The van der Waals surface area contributed by atoms with E-state index in [1.54, 1.807) is 4.57 Å². The highest BCUT2D eigenvalue weighted by atomic mass is 32.2. The third-order valence-corrected chi connectivity index (χ3v) is 4.71. The van der Waals surface area contributed by atoms with Gasteiger partial charge in [0.15, 0.2) is 15.7 Å². The van der Waals surface area contributed by atoms with Gasteiger partial charge >= 0.3 is 0 Å². The fourth-order valence-electron chi connectivity index (χ4n) is 2.00. The lowest BCUT2D eigenvalue weighted by Gasteiger charge is -2.24. The molecule has 1 saturated heterocycles. The van der Waals surface area contributed by atoms with Gasteiger partial charge < -0.3 is 9.67 Å². The average Bonchev–Trinajstić information content (AvgIpc) is 2.71. The van der Waals surface area contributed by atoms with Crippen molar-refractivity contribution in [1.82, 2.24) is 14.8 Å². The van der Waals surface area contributed by atoms with Crippen LogP contribution in [0.5, 0.6) is 0 Å². The van der Waals surface area contributed by atoms with Crippen LogP contribution in [0.1, 0.15) is 19.2 Å². The third-order valence-electron chi connectivity index (χ3n) is 2.82. The third kappa shape index (κ3) is 1.76. The number of aromatic nitrogens is 3. The Morgan fingerprint density at radius 3 is 2.93 bits per heavy atom. The number of sulfone groups is 1. The molecule has 1 aromatic rings. The maximum Gasteiger partial charge on any atom is 0.159 e. The first-order chi connectivity index (χ1) is 6.97. The Balaban J connectivity index is 2.39. The van der Waals surface area contributed by atoms with E-state index in [2.05, 4.69) is 10.2 Å². The molecule has 1 aliphatic heterocycles. The summed E-state index contributed by atoms with van der Waals surface area (Å²) < 4.78 is 24.5. The smallest absolute Gasteiger partial charge is 0.159 e. The molecule has 1 N–H and O–H groups in total. The van der Waals surface area contributed by atoms with Crippen LogP contribution in [0, 0.1) is 0 Å². The minimum absolute atomic E-state index is 0.0883. The summed E-state index contributed by atoms with van der Waals surface area (Å²) in [5.41, 5.74) is -0.513. The maximum absolute atomic E-state index is 11.4. The molecule has 2 heterocycles. The molecular weight excluding hydrogens is 218 g/mol. The lowest BCUT2D eigenvalue weighted by Crippen LogP contribution is -2.32. The van der Waals surface area contributed by atoms with E-state index >= 15 is 0 Å². The summed E-state index contributed by atoms with van der Waals surface area (Å²) in [6.07, 6.45) is 2.02. The highest BCUT2D eigenvalue weighted by molar-refractivity contribution is 7.91. The zero-order valence-corrected chi connectivity index (χ0v) is 9.24. The van der Waals surface area contributed by atoms with Crippen LogP contribution in [0.4, 0.5) is 0 Å². The number of aliphatic hydroxyl groups excluding tert-OH is 1. The molecule has 1 fully saturated rings. The number of aliphatic hydroxyl groups is 1. The Morgan fingerprint density at radius 1 is 1.67 bits per heavy atom. The Bertz CT molecular complexity index is 467. The van der Waals surface area contributed by atoms with Gasteiger partial charge in [-0.15, -0.1) is 10.2 Å². The van der Waals surface area contributed by atoms with Crippen LogP contribution in [-0.4, -0.2) is 39.8 Å². The van der Waals surface area contributed by atoms with E-state index in [4.69, 9.17) is 5.11 Å². The van der Waals surface area contributed by atoms with Gasteiger partial charge in [0, 0.05) is 0 Å². The van der Waals surface area contributed by atoms with E-state index in [1.165, 1.54) is 6.33 Å². The molecule has 1 unspecified atom stereocenters. The Morgan fingerprint density at radius 2 is 2.40 bits per heavy atom. The van der Waals surface area contributed by atoms with Crippen molar-refractivity contribution in [1.29, 1.82) is 0 Å². The summed E-state index contributed by atoms with van der Waals surface area (Å²) in [6.45, 7) is 1.62. The quantitative estimate of drug-likeness (QED) is 0.727. The molecule has 0 amide bonds. The van der Waals surface area contributed by atoms with Gasteiger partial charge in [-0.05, 0) is 13.3 Å². The van der Waals surface area contributed by atoms with Gasteiger partial charge in [-0.3, -0.25) is 0 Å². The molecule has 0 radical (unpaired) electrons. The fourth-order valence-corrected chi connectivity index (χ4v) is 4.13. The van der Waals surface area contributed by atoms with Crippen LogP contribution in [0.15, 0.2) is 6.33 Å². The lowest BCUT2D eigenvalue weighted by molar-refractivity contribution is 0.245. The normalized spacial score (nSPS) is 29.5. The summed E-state index contributed by atoms with van der Waals surface area (Å²) in [7, 11) is -2.96. The minimum atomic E-state index is -2.96. The molecule has 2 rings (SSSR count). The average molecular weight is 231 g/mol. The Labute approximate surface area is 87.9 Å². The first-order valence-electron chi connectivity index (χ1n) is 4.67. The SMILES string of the molecule is CC1(n2cnnc2CO)CCS(=O)(=O)C1. The largest absolute Gasteiger partial charge is 0.388 e. The van der Waals surface area contributed by atoms with Gasteiger partial charge in [-0.25, -0.2) is 8.42 Å². The van der Waals surface area contributed by atoms with Crippen LogP contribution in [0.3, 0.4) is 0 Å². The molecule has 1 aromatic heterocycles. The first kappa shape index (κ1) is 10.6. The van der Waals surface area contributed by atoms with Crippen molar-refractivity contribution in [2.24, 2.45) is 0 Å². The van der Waals surface area contributed by atoms with Crippen LogP contribution in [-0.2, 0) is 22.0 Å². The van der Waals surface area contributed by atoms with Crippen molar-refractivity contribution in [2.75, 3.05) is 11.5 Å². The van der Waals surface area contributed by atoms with Crippen molar-refractivity contribution in [2.45, 2.75) is 25.5 Å². The zero-order valence-electron chi connectivity index (χ0n) is 8.42. The molecule has 0 saturated carbocycles. The van der Waals surface area contributed by atoms with Crippen molar-refractivity contribution < 1.29 is 13.5 Å². The number of hydrogen-bond acceptors (Lipinski definition) is 5. The van der Waals surface area contributed by atoms with Gasteiger partial charge in [-0.2, -0.15) is 0 Å². The Kier molecular flexibility index (Phi) is 2.31. The molecule has 0 aromatic carbocycles. The first-order valence-corrected chi connectivity index (χ1v) is 6.50.